The lowest BCUT2D eigenvalue weighted by molar-refractivity contribution is 0.0730. The Hall–Kier alpha value is -3.39. The second kappa shape index (κ2) is 10.7. The molecule has 1 aliphatic rings. The molecule has 3 aromatic carbocycles. The fourth-order valence-corrected chi connectivity index (χ4v) is 5.05. The van der Waals surface area contributed by atoms with Gasteiger partial charge in [-0.15, -0.1) is 0 Å². The van der Waals surface area contributed by atoms with Crippen LogP contribution in [0.4, 0.5) is 5.69 Å². The normalized spacial score (nSPS) is 15.2. The maximum Gasteiger partial charge on any atom is 0.243 e. The van der Waals surface area contributed by atoms with E-state index in [2.05, 4.69) is 0 Å². The minimum Gasteiger partial charge on any atom is -0.496 e. The van der Waals surface area contributed by atoms with E-state index in [4.69, 9.17) is 15.2 Å². The van der Waals surface area contributed by atoms with Crippen molar-refractivity contribution < 1.29 is 17.9 Å². The van der Waals surface area contributed by atoms with Gasteiger partial charge in [0, 0.05) is 24.3 Å². The van der Waals surface area contributed by atoms with Gasteiger partial charge in [0.15, 0.2) is 0 Å². The van der Waals surface area contributed by atoms with Gasteiger partial charge >= 0.3 is 0 Å². The Morgan fingerprint density at radius 3 is 2.03 bits per heavy atom. The molecule has 0 atom stereocenters. The number of nitrogens with two attached hydrogens (primary N) is 1. The molecule has 4 rings (SSSR count). The molecule has 176 valence electrons. The minimum absolute atomic E-state index is 0.297. The van der Waals surface area contributed by atoms with Crippen molar-refractivity contribution in [2.45, 2.75) is 4.90 Å². The first-order valence-corrected chi connectivity index (χ1v) is 12.5. The van der Waals surface area contributed by atoms with E-state index in [0.717, 1.165) is 33.7 Å². The molecule has 0 saturated carbocycles. The monoisotopic (exact) mass is 476 g/mol. The molecule has 0 amide bonds. The second-order valence-electron chi connectivity index (χ2n) is 7.92. The first kappa shape index (κ1) is 23.8. The lowest BCUT2D eigenvalue weighted by Crippen LogP contribution is -2.40. The van der Waals surface area contributed by atoms with E-state index in [1.807, 2.05) is 78.9 Å². The quantitative estimate of drug-likeness (QED) is 0.397. The van der Waals surface area contributed by atoms with Crippen molar-refractivity contribution in [1.29, 1.82) is 0 Å². The molecule has 1 aliphatic heterocycles. The third-order valence-corrected chi connectivity index (χ3v) is 7.52. The van der Waals surface area contributed by atoms with Crippen molar-refractivity contribution in [2.24, 2.45) is 0 Å². The average molecular weight is 477 g/mol. The average Bonchev–Trinajstić information content (AvgIpc) is 2.88. The van der Waals surface area contributed by atoms with E-state index in [0.29, 0.717) is 31.2 Å². The number of nitrogen functional groups attached to an aromatic ring is 1. The van der Waals surface area contributed by atoms with Crippen LogP contribution in [0.2, 0.25) is 0 Å². The zero-order valence-corrected chi connectivity index (χ0v) is 19.9. The molecule has 0 radical (unpaired) electrons. The Labute approximate surface area is 201 Å². The van der Waals surface area contributed by atoms with Crippen LogP contribution in [0.1, 0.15) is 22.3 Å². The Morgan fingerprint density at radius 2 is 1.38 bits per heavy atom. The predicted octanol–water partition coefficient (Wildman–Crippen LogP) is 4.64. The highest BCUT2D eigenvalue weighted by Crippen LogP contribution is 2.24. The molecule has 0 aromatic heterocycles. The first-order valence-electron chi connectivity index (χ1n) is 11.0. The van der Waals surface area contributed by atoms with Crippen LogP contribution < -0.4 is 10.5 Å². The van der Waals surface area contributed by atoms with Crippen LogP contribution in [0.15, 0.2) is 71.6 Å². The highest BCUT2D eigenvalue weighted by molar-refractivity contribution is 7.89. The maximum absolute atomic E-state index is 12.8. The van der Waals surface area contributed by atoms with E-state index in [1.54, 1.807) is 19.2 Å². The number of benzene rings is 3. The molecule has 0 aliphatic carbocycles. The summed E-state index contributed by atoms with van der Waals surface area (Å²) in [5.41, 5.74) is 10.4. The predicted molar refractivity (Wildman–Crippen MR) is 138 cm³/mol. The van der Waals surface area contributed by atoms with Crippen LogP contribution in [0.25, 0.3) is 24.3 Å². The van der Waals surface area contributed by atoms with E-state index in [1.165, 1.54) is 4.31 Å². The summed E-state index contributed by atoms with van der Waals surface area (Å²) in [5.74, 6) is 0.765. The van der Waals surface area contributed by atoms with Gasteiger partial charge in [-0.3, -0.25) is 0 Å². The molecule has 3 aromatic rings. The van der Waals surface area contributed by atoms with Crippen LogP contribution >= 0.6 is 0 Å². The number of sulfonamides is 1. The Bertz CT molecular complexity index is 1280. The fraction of sp³-hybridized carbons (Fsp3) is 0.185. The number of rotatable bonds is 7. The third kappa shape index (κ3) is 5.75. The van der Waals surface area contributed by atoms with Gasteiger partial charge in [0.2, 0.25) is 10.0 Å². The molecule has 7 heteroatoms. The van der Waals surface area contributed by atoms with Crippen LogP contribution in [0.5, 0.6) is 5.75 Å². The summed E-state index contributed by atoms with van der Waals surface area (Å²) in [6.45, 7) is 1.63. The molecule has 2 N–H and O–H groups in total. The van der Waals surface area contributed by atoms with E-state index < -0.39 is 10.0 Å². The number of anilines is 1. The molecule has 1 heterocycles. The van der Waals surface area contributed by atoms with E-state index in [9.17, 15) is 8.42 Å². The number of hydrogen-bond acceptors (Lipinski definition) is 5. The van der Waals surface area contributed by atoms with E-state index in [-0.39, 0.29) is 0 Å². The number of nitrogens with zero attached hydrogens (tertiary/aromatic N) is 1. The van der Waals surface area contributed by atoms with Gasteiger partial charge in [-0.25, -0.2) is 8.42 Å². The molecular formula is C27H28N2O4S. The van der Waals surface area contributed by atoms with Crippen molar-refractivity contribution in [3.8, 4) is 5.75 Å². The van der Waals surface area contributed by atoms with Crippen LogP contribution in [-0.4, -0.2) is 46.1 Å². The van der Waals surface area contributed by atoms with Crippen molar-refractivity contribution in [3.63, 3.8) is 0 Å². The summed E-state index contributed by atoms with van der Waals surface area (Å²) in [6, 6.07) is 20.6. The summed E-state index contributed by atoms with van der Waals surface area (Å²) in [6.07, 6.45) is 7.94. The van der Waals surface area contributed by atoms with Gasteiger partial charge in [-0.1, -0.05) is 60.7 Å². The van der Waals surface area contributed by atoms with Crippen molar-refractivity contribution in [1.82, 2.24) is 4.31 Å². The molecule has 1 saturated heterocycles. The van der Waals surface area contributed by atoms with E-state index >= 15 is 0 Å². The van der Waals surface area contributed by atoms with Gasteiger partial charge in [-0.05, 0) is 47.0 Å². The van der Waals surface area contributed by atoms with Gasteiger partial charge in [0.05, 0.1) is 25.2 Å². The van der Waals surface area contributed by atoms with Crippen molar-refractivity contribution in [2.75, 3.05) is 39.1 Å². The topological polar surface area (TPSA) is 81.9 Å². The lowest BCUT2D eigenvalue weighted by atomic mass is 10.1. The second-order valence-corrected chi connectivity index (χ2v) is 9.86. The first-order chi connectivity index (χ1) is 16.5. The number of hydrogen-bond donors (Lipinski definition) is 1. The Balaban J connectivity index is 1.46. The standard InChI is InChI=1S/C27H28N2O4S/c1-32-27-20-23(5-11-24(27)10-4-22-6-12-25(28)13-7-22)3-2-21-8-14-26(15-9-21)34(30,31)29-16-18-33-19-17-29/h2-15,20H,16-19,28H2,1H3/b3-2+,10-4+. The third-order valence-electron chi connectivity index (χ3n) is 5.61. The Morgan fingerprint density at radius 1 is 0.824 bits per heavy atom. The molecule has 0 bridgehead atoms. The number of ether oxygens (including phenoxy) is 2. The maximum atomic E-state index is 12.8. The molecule has 1 fully saturated rings. The SMILES string of the molecule is COc1cc(/C=C/c2ccc(S(=O)(=O)N3CCOCC3)cc2)ccc1/C=C/c1ccc(N)cc1. The summed E-state index contributed by atoms with van der Waals surface area (Å²) in [7, 11) is -1.84. The summed E-state index contributed by atoms with van der Waals surface area (Å²) in [5, 5.41) is 0. The number of methoxy groups -OCH3 is 1. The van der Waals surface area contributed by atoms with Crippen LogP contribution in [0, 0.1) is 0 Å². The smallest absolute Gasteiger partial charge is 0.243 e. The van der Waals surface area contributed by atoms with Crippen molar-refractivity contribution >= 4 is 40.0 Å². The van der Waals surface area contributed by atoms with Gasteiger partial charge in [-0.2, -0.15) is 4.31 Å². The summed E-state index contributed by atoms with van der Waals surface area (Å²) < 4.78 is 37.8. The van der Waals surface area contributed by atoms with Crippen LogP contribution in [0.3, 0.4) is 0 Å². The van der Waals surface area contributed by atoms with Gasteiger partial charge < -0.3 is 15.2 Å². The largest absolute Gasteiger partial charge is 0.496 e. The number of morpholine rings is 1. The zero-order valence-electron chi connectivity index (χ0n) is 19.1. The molecule has 0 spiro atoms. The summed E-state index contributed by atoms with van der Waals surface area (Å²) in [4.78, 5) is 0.297. The summed E-state index contributed by atoms with van der Waals surface area (Å²) >= 11 is 0. The molecule has 6 nitrogen and oxygen atoms in total. The highest BCUT2D eigenvalue weighted by atomic mass is 32.2. The lowest BCUT2D eigenvalue weighted by Gasteiger charge is -2.26. The van der Waals surface area contributed by atoms with Crippen molar-refractivity contribution in [3.05, 3.63) is 89.0 Å². The minimum atomic E-state index is -3.49. The Kier molecular flexibility index (Phi) is 7.47. The van der Waals surface area contributed by atoms with Gasteiger partial charge in [0.25, 0.3) is 0 Å². The molecule has 34 heavy (non-hydrogen) atoms. The molecular weight excluding hydrogens is 448 g/mol. The zero-order chi connectivity index (χ0) is 24.0. The fourth-order valence-electron chi connectivity index (χ4n) is 3.64. The van der Waals surface area contributed by atoms with Gasteiger partial charge in [0.1, 0.15) is 5.75 Å². The van der Waals surface area contributed by atoms with Crippen LogP contribution in [-0.2, 0) is 14.8 Å². The molecule has 0 unspecified atom stereocenters. The highest BCUT2D eigenvalue weighted by Gasteiger charge is 2.25.